The molecule has 2 N–H and O–H groups in total. The summed E-state index contributed by atoms with van der Waals surface area (Å²) in [7, 11) is 0. The van der Waals surface area contributed by atoms with Crippen molar-refractivity contribution in [2.24, 2.45) is 16.6 Å². The number of rotatable bonds is 2. The van der Waals surface area contributed by atoms with Crippen molar-refractivity contribution in [3.63, 3.8) is 0 Å². The van der Waals surface area contributed by atoms with Crippen LogP contribution in [-0.4, -0.2) is 25.1 Å². The highest BCUT2D eigenvalue weighted by atomic mass is 16.5. The summed E-state index contributed by atoms with van der Waals surface area (Å²) in [6, 6.07) is 0.317. The predicted octanol–water partition coefficient (Wildman–Crippen LogP) is 0.789. The first-order valence-electron chi connectivity index (χ1n) is 4.11. The Morgan fingerprint density at radius 3 is 2.82 bits per heavy atom. The molecule has 0 amide bonds. The van der Waals surface area contributed by atoms with E-state index in [1.165, 1.54) is 0 Å². The minimum atomic E-state index is 0.317. The van der Waals surface area contributed by atoms with Gasteiger partial charge >= 0.3 is 0 Å². The molecule has 0 aromatic heterocycles. The zero-order valence-corrected chi connectivity index (χ0v) is 7.21. The number of hydrogen-bond donors (Lipinski definition) is 1. The molecule has 0 bridgehead atoms. The molecule has 1 aliphatic heterocycles. The monoisotopic (exact) mass is 156 g/mol. The Morgan fingerprint density at radius 1 is 1.64 bits per heavy atom. The molecule has 0 saturated carbocycles. The average molecular weight is 156 g/mol. The third kappa shape index (κ3) is 2.50. The fourth-order valence-electron chi connectivity index (χ4n) is 0.984. The number of nitrogens with zero attached hydrogens (tertiary/aromatic N) is 1. The van der Waals surface area contributed by atoms with Crippen molar-refractivity contribution < 1.29 is 4.74 Å². The molecule has 1 atom stereocenters. The van der Waals surface area contributed by atoms with E-state index in [1.54, 1.807) is 0 Å². The zero-order valence-electron chi connectivity index (χ0n) is 7.21. The fraction of sp³-hybridized carbons (Fsp3) is 0.875. The van der Waals surface area contributed by atoms with Crippen LogP contribution in [0.25, 0.3) is 0 Å². The Hall–Kier alpha value is -0.570. The van der Waals surface area contributed by atoms with E-state index < -0.39 is 0 Å². The van der Waals surface area contributed by atoms with E-state index in [4.69, 9.17) is 10.5 Å². The molecule has 1 aliphatic rings. The summed E-state index contributed by atoms with van der Waals surface area (Å²) < 4.78 is 5.18. The zero-order chi connectivity index (χ0) is 8.27. The average Bonchev–Trinajstić information content (AvgIpc) is 2.39. The van der Waals surface area contributed by atoms with Crippen molar-refractivity contribution in [3.05, 3.63) is 0 Å². The minimum Gasteiger partial charge on any atom is -0.387 e. The Balaban J connectivity index is 2.42. The van der Waals surface area contributed by atoms with E-state index >= 15 is 0 Å². The summed E-state index contributed by atoms with van der Waals surface area (Å²) in [6.45, 7) is 5.68. The van der Waals surface area contributed by atoms with E-state index in [2.05, 4.69) is 18.8 Å². The largest absolute Gasteiger partial charge is 0.387 e. The summed E-state index contributed by atoms with van der Waals surface area (Å²) in [6.07, 6.45) is 1.02. The Bertz CT molecular complexity index is 148. The van der Waals surface area contributed by atoms with Gasteiger partial charge in [-0.15, -0.1) is 0 Å². The molecule has 0 aliphatic carbocycles. The van der Waals surface area contributed by atoms with Crippen LogP contribution in [0.15, 0.2) is 4.99 Å². The molecular formula is C8H16N2O. The van der Waals surface area contributed by atoms with Crippen LogP contribution in [0.5, 0.6) is 0 Å². The van der Waals surface area contributed by atoms with Gasteiger partial charge in [0.15, 0.2) is 0 Å². The van der Waals surface area contributed by atoms with E-state index in [1.807, 2.05) is 0 Å². The molecule has 0 radical (unpaired) electrons. The molecule has 0 aromatic carbocycles. The van der Waals surface area contributed by atoms with Gasteiger partial charge in [0, 0.05) is 12.5 Å². The maximum absolute atomic E-state index is 5.69. The van der Waals surface area contributed by atoms with Gasteiger partial charge in [0.25, 0.3) is 0 Å². The van der Waals surface area contributed by atoms with Crippen molar-refractivity contribution in [2.45, 2.75) is 26.3 Å². The molecule has 64 valence electrons. The van der Waals surface area contributed by atoms with Crippen molar-refractivity contribution in [3.8, 4) is 0 Å². The van der Waals surface area contributed by atoms with Crippen LogP contribution in [0, 0.1) is 5.92 Å². The number of ether oxygens (including phenoxy) is 1. The summed E-state index contributed by atoms with van der Waals surface area (Å²) in [4.78, 5) is 4.34. The molecule has 1 rings (SSSR count). The molecule has 11 heavy (non-hydrogen) atoms. The van der Waals surface area contributed by atoms with Gasteiger partial charge in [-0.25, -0.2) is 0 Å². The molecule has 3 heteroatoms. The second-order valence-electron chi connectivity index (χ2n) is 3.23. The first kappa shape index (κ1) is 8.53. The van der Waals surface area contributed by atoms with Crippen molar-refractivity contribution in [1.82, 2.24) is 0 Å². The second-order valence-corrected chi connectivity index (χ2v) is 3.23. The molecule has 1 saturated heterocycles. The lowest BCUT2D eigenvalue weighted by atomic mass is 10.2. The summed E-state index contributed by atoms with van der Waals surface area (Å²) in [5, 5.41) is 0. The van der Waals surface area contributed by atoms with E-state index in [9.17, 15) is 0 Å². The highest BCUT2D eigenvalue weighted by molar-refractivity contribution is 5.82. The van der Waals surface area contributed by atoms with Crippen molar-refractivity contribution in [1.29, 1.82) is 0 Å². The van der Waals surface area contributed by atoms with Gasteiger partial charge in [0.2, 0.25) is 0 Å². The SMILES string of the molecule is CC(C)C(N)=NC1CCOC1. The van der Waals surface area contributed by atoms with Crippen LogP contribution in [-0.2, 0) is 4.74 Å². The smallest absolute Gasteiger partial charge is 0.0967 e. The Kier molecular flexibility index (Phi) is 2.88. The third-order valence-electron chi connectivity index (χ3n) is 1.83. The Labute approximate surface area is 67.6 Å². The predicted molar refractivity (Wildman–Crippen MR) is 45.7 cm³/mol. The maximum Gasteiger partial charge on any atom is 0.0967 e. The molecule has 0 aromatic rings. The molecule has 1 heterocycles. The maximum atomic E-state index is 5.69. The van der Waals surface area contributed by atoms with Gasteiger partial charge in [0.1, 0.15) is 0 Å². The topological polar surface area (TPSA) is 47.6 Å². The molecule has 3 nitrogen and oxygen atoms in total. The van der Waals surface area contributed by atoms with Gasteiger partial charge < -0.3 is 10.5 Å². The highest BCUT2D eigenvalue weighted by Gasteiger charge is 2.14. The summed E-state index contributed by atoms with van der Waals surface area (Å²) in [5.74, 6) is 1.11. The van der Waals surface area contributed by atoms with E-state index in [0.29, 0.717) is 12.0 Å². The standard InChI is InChI=1S/C8H16N2O/c1-6(2)8(9)10-7-3-4-11-5-7/h6-7H,3-5H2,1-2H3,(H2,9,10). The molecule has 1 unspecified atom stereocenters. The first-order chi connectivity index (χ1) is 5.20. The summed E-state index contributed by atoms with van der Waals surface area (Å²) >= 11 is 0. The van der Waals surface area contributed by atoms with Gasteiger partial charge in [-0.05, 0) is 6.42 Å². The number of aliphatic imine (C=N–C) groups is 1. The van der Waals surface area contributed by atoms with Crippen LogP contribution in [0.1, 0.15) is 20.3 Å². The third-order valence-corrected chi connectivity index (χ3v) is 1.83. The minimum absolute atomic E-state index is 0.317. The van der Waals surface area contributed by atoms with Gasteiger partial charge in [-0.3, -0.25) is 4.99 Å². The first-order valence-corrected chi connectivity index (χ1v) is 4.11. The second kappa shape index (κ2) is 3.72. The lowest BCUT2D eigenvalue weighted by Gasteiger charge is -2.06. The van der Waals surface area contributed by atoms with Crippen molar-refractivity contribution >= 4 is 5.84 Å². The number of amidine groups is 1. The molecular weight excluding hydrogens is 140 g/mol. The van der Waals surface area contributed by atoms with Crippen LogP contribution >= 0.6 is 0 Å². The molecule has 0 spiro atoms. The Morgan fingerprint density at radius 2 is 2.36 bits per heavy atom. The van der Waals surface area contributed by atoms with E-state index in [0.717, 1.165) is 25.5 Å². The quantitative estimate of drug-likeness (QED) is 0.474. The van der Waals surface area contributed by atoms with Gasteiger partial charge in [0.05, 0.1) is 18.5 Å². The van der Waals surface area contributed by atoms with Crippen LogP contribution in [0.3, 0.4) is 0 Å². The fourth-order valence-corrected chi connectivity index (χ4v) is 0.984. The highest BCUT2D eigenvalue weighted by Crippen LogP contribution is 2.08. The van der Waals surface area contributed by atoms with Gasteiger partial charge in [-0.1, -0.05) is 13.8 Å². The lowest BCUT2D eigenvalue weighted by Crippen LogP contribution is -2.22. The number of hydrogen-bond acceptors (Lipinski definition) is 2. The van der Waals surface area contributed by atoms with Crippen LogP contribution < -0.4 is 5.73 Å². The van der Waals surface area contributed by atoms with E-state index in [-0.39, 0.29) is 0 Å². The normalized spacial score (nSPS) is 26.5. The van der Waals surface area contributed by atoms with Gasteiger partial charge in [-0.2, -0.15) is 0 Å². The van der Waals surface area contributed by atoms with Crippen molar-refractivity contribution in [2.75, 3.05) is 13.2 Å². The molecule has 1 fully saturated rings. The van der Waals surface area contributed by atoms with Crippen LogP contribution in [0.4, 0.5) is 0 Å². The summed E-state index contributed by atoms with van der Waals surface area (Å²) in [5.41, 5.74) is 5.69. The van der Waals surface area contributed by atoms with Crippen LogP contribution in [0.2, 0.25) is 0 Å². The number of nitrogens with two attached hydrogens (primary N) is 1. The lowest BCUT2D eigenvalue weighted by molar-refractivity contribution is 0.194.